The lowest BCUT2D eigenvalue weighted by Crippen LogP contribution is -2.37. The first-order valence-electron chi connectivity index (χ1n) is 7.85. The van der Waals surface area contributed by atoms with Crippen LogP contribution in [0.1, 0.15) is 11.3 Å². The molecule has 27 heavy (non-hydrogen) atoms. The smallest absolute Gasteiger partial charge is 0.309 e. The minimum absolute atomic E-state index is 0.0374. The Hall–Kier alpha value is -3.69. The van der Waals surface area contributed by atoms with Gasteiger partial charge in [-0.05, 0) is 25.5 Å². The van der Waals surface area contributed by atoms with Crippen LogP contribution in [0.3, 0.4) is 0 Å². The summed E-state index contributed by atoms with van der Waals surface area (Å²) in [7, 11) is 0. The minimum Gasteiger partial charge on any atom is -0.309 e. The molecule has 1 aromatic carbocycles. The van der Waals surface area contributed by atoms with Gasteiger partial charge in [0.15, 0.2) is 17.3 Å². The van der Waals surface area contributed by atoms with Crippen LogP contribution in [0.4, 0.5) is 8.78 Å². The van der Waals surface area contributed by atoms with E-state index in [1.54, 1.807) is 19.2 Å². The van der Waals surface area contributed by atoms with Gasteiger partial charge < -0.3 is 4.98 Å². The molecule has 1 N–H and O–H groups in total. The predicted molar refractivity (Wildman–Crippen MR) is 92.3 cm³/mol. The Morgan fingerprint density at radius 3 is 2.52 bits per heavy atom. The van der Waals surface area contributed by atoms with Gasteiger partial charge in [0.25, 0.3) is 5.56 Å². The minimum atomic E-state index is -1.10. The number of pyridine rings is 1. The zero-order valence-electron chi connectivity index (χ0n) is 14.2. The SMILES string of the molecule is Cc1cncc(-n2c(=O)[nH]c(C)c(-n3nnc4cc(F)c(F)cc43)c2=O)c1. The Morgan fingerprint density at radius 2 is 1.78 bits per heavy atom. The van der Waals surface area contributed by atoms with Crippen LogP contribution in [-0.2, 0) is 0 Å². The summed E-state index contributed by atoms with van der Waals surface area (Å²) in [4.78, 5) is 32.0. The van der Waals surface area contributed by atoms with Crippen molar-refractivity contribution in [2.45, 2.75) is 13.8 Å². The predicted octanol–water partition coefficient (Wildman–Crippen LogP) is 1.55. The maximum atomic E-state index is 13.7. The maximum absolute atomic E-state index is 13.7. The maximum Gasteiger partial charge on any atom is 0.333 e. The van der Waals surface area contributed by atoms with E-state index >= 15 is 0 Å². The molecule has 136 valence electrons. The number of aromatic nitrogens is 6. The number of fused-ring (bicyclic) bond motifs is 1. The van der Waals surface area contributed by atoms with Crippen molar-refractivity contribution in [2.24, 2.45) is 0 Å². The molecule has 3 heterocycles. The summed E-state index contributed by atoms with van der Waals surface area (Å²) in [5.41, 5.74) is 0.00468. The van der Waals surface area contributed by atoms with Crippen molar-refractivity contribution >= 4 is 11.0 Å². The molecule has 0 atom stereocenters. The highest BCUT2D eigenvalue weighted by molar-refractivity contribution is 5.76. The highest BCUT2D eigenvalue weighted by Gasteiger charge is 2.19. The summed E-state index contributed by atoms with van der Waals surface area (Å²) < 4.78 is 29.1. The summed E-state index contributed by atoms with van der Waals surface area (Å²) in [6, 6.07) is 3.41. The molecule has 8 nitrogen and oxygen atoms in total. The molecule has 0 fully saturated rings. The van der Waals surface area contributed by atoms with Gasteiger partial charge in [-0.3, -0.25) is 9.78 Å². The van der Waals surface area contributed by atoms with Gasteiger partial charge in [0, 0.05) is 24.0 Å². The Balaban J connectivity index is 2.06. The first-order valence-corrected chi connectivity index (χ1v) is 7.85. The lowest BCUT2D eigenvalue weighted by atomic mass is 10.2. The molecule has 0 aliphatic heterocycles. The average Bonchev–Trinajstić information content (AvgIpc) is 2.97. The molecule has 0 saturated heterocycles. The van der Waals surface area contributed by atoms with Crippen LogP contribution in [-0.4, -0.2) is 29.5 Å². The fraction of sp³-hybridized carbons (Fsp3) is 0.118. The normalized spacial score (nSPS) is 11.3. The summed E-state index contributed by atoms with van der Waals surface area (Å²) in [6.45, 7) is 3.28. The molecule has 0 amide bonds. The van der Waals surface area contributed by atoms with Gasteiger partial charge in [-0.2, -0.15) is 0 Å². The van der Waals surface area contributed by atoms with Gasteiger partial charge in [-0.15, -0.1) is 5.10 Å². The average molecular weight is 370 g/mol. The largest absolute Gasteiger partial charge is 0.333 e. The number of halogens is 2. The Morgan fingerprint density at radius 1 is 1.04 bits per heavy atom. The standard InChI is InChI=1S/C17H12F2N6O2/c1-8-3-10(7-20-6-8)24-16(26)15(9(2)21-17(24)27)25-14-5-12(19)11(18)4-13(14)22-23-25/h3-7H,1-2H3,(H,21,27). The van der Waals surface area contributed by atoms with Crippen molar-refractivity contribution in [3.63, 3.8) is 0 Å². The molecule has 0 aliphatic carbocycles. The zero-order chi connectivity index (χ0) is 19.3. The molecular weight excluding hydrogens is 358 g/mol. The van der Waals surface area contributed by atoms with Crippen molar-refractivity contribution in [2.75, 3.05) is 0 Å². The van der Waals surface area contributed by atoms with Gasteiger partial charge in [0.2, 0.25) is 0 Å². The lowest BCUT2D eigenvalue weighted by molar-refractivity contribution is 0.510. The van der Waals surface area contributed by atoms with Crippen LogP contribution in [0.25, 0.3) is 22.4 Å². The molecule has 0 radical (unpaired) electrons. The summed E-state index contributed by atoms with van der Waals surface area (Å²) in [5.74, 6) is -2.17. The highest BCUT2D eigenvalue weighted by Crippen LogP contribution is 2.19. The molecule has 3 aromatic heterocycles. The van der Waals surface area contributed by atoms with Crippen molar-refractivity contribution in [1.29, 1.82) is 0 Å². The highest BCUT2D eigenvalue weighted by atomic mass is 19.2. The monoisotopic (exact) mass is 370 g/mol. The van der Waals surface area contributed by atoms with Crippen molar-refractivity contribution in [1.82, 2.24) is 29.5 Å². The molecule has 0 saturated carbocycles. The van der Waals surface area contributed by atoms with E-state index in [1.807, 2.05) is 0 Å². The first-order chi connectivity index (χ1) is 12.9. The molecule has 10 heteroatoms. The first kappa shape index (κ1) is 16.8. The van der Waals surface area contributed by atoms with Crippen LogP contribution in [0.15, 0.2) is 40.2 Å². The van der Waals surface area contributed by atoms with Gasteiger partial charge in [-0.1, -0.05) is 5.21 Å². The third-order valence-corrected chi connectivity index (χ3v) is 4.08. The number of H-pyrrole nitrogens is 1. The Bertz CT molecular complexity index is 1320. The number of rotatable bonds is 2. The number of benzene rings is 1. The molecule has 4 rings (SSSR count). The molecule has 0 spiro atoms. The second-order valence-electron chi connectivity index (χ2n) is 6.02. The number of nitrogens with one attached hydrogen (secondary N) is 1. The number of aromatic amines is 1. The lowest BCUT2D eigenvalue weighted by Gasteiger charge is -2.10. The van der Waals surface area contributed by atoms with Crippen molar-refractivity contribution in [3.8, 4) is 11.4 Å². The molecular formula is C17H12F2N6O2. The van der Waals surface area contributed by atoms with Crippen LogP contribution in [0, 0.1) is 25.5 Å². The number of hydrogen-bond donors (Lipinski definition) is 1. The topological polar surface area (TPSA) is 98.5 Å². The Labute approximate surface area is 149 Å². The van der Waals surface area contributed by atoms with E-state index in [4.69, 9.17) is 0 Å². The number of nitrogens with zero attached hydrogens (tertiary/aromatic N) is 5. The molecule has 0 unspecified atom stereocenters. The summed E-state index contributed by atoms with van der Waals surface area (Å²) in [5, 5.41) is 7.61. The second kappa shape index (κ2) is 5.94. The van der Waals surface area contributed by atoms with E-state index in [2.05, 4.69) is 20.3 Å². The molecule has 4 aromatic rings. The van der Waals surface area contributed by atoms with Crippen LogP contribution < -0.4 is 11.2 Å². The zero-order valence-corrected chi connectivity index (χ0v) is 14.2. The van der Waals surface area contributed by atoms with E-state index in [0.29, 0.717) is 0 Å². The van der Waals surface area contributed by atoms with Crippen LogP contribution in [0.2, 0.25) is 0 Å². The summed E-state index contributed by atoms with van der Waals surface area (Å²) in [6.07, 6.45) is 2.96. The fourth-order valence-electron chi connectivity index (χ4n) is 2.86. The molecule has 0 bridgehead atoms. The van der Waals surface area contributed by atoms with E-state index < -0.39 is 22.9 Å². The van der Waals surface area contributed by atoms with E-state index in [9.17, 15) is 18.4 Å². The Kier molecular flexibility index (Phi) is 3.69. The van der Waals surface area contributed by atoms with Crippen LogP contribution >= 0.6 is 0 Å². The van der Waals surface area contributed by atoms with Gasteiger partial charge in [-0.25, -0.2) is 22.8 Å². The fourth-order valence-corrected chi connectivity index (χ4v) is 2.86. The second-order valence-corrected chi connectivity index (χ2v) is 6.02. The summed E-state index contributed by atoms with van der Waals surface area (Å²) >= 11 is 0. The van der Waals surface area contributed by atoms with E-state index in [1.165, 1.54) is 13.1 Å². The number of hydrogen-bond acceptors (Lipinski definition) is 5. The molecule has 0 aliphatic rings. The number of aryl methyl sites for hydroxylation is 2. The van der Waals surface area contributed by atoms with Crippen molar-refractivity contribution < 1.29 is 8.78 Å². The van der Waals surface area contributed by atoms with E-state index in [-0.39, 0.29) is 28.1 Å². The van der Waals surface area contributed by atoms with Gasteiger partial charge in [0.1, 0.15) is 5.52 Å². The van der Waals surface area contributed by atoms with Gasteiger partial charge >= 0.3 is 5.69 Å². The third-order valence-electron chi connectivity index (χ3n) is 4.08. The third kappa shape index (κ3) is 2.62. The van der Waals surface area contributed by atoms with Gasteiger partial charge in [0.05, 0.1) is 17.4 Å². The van der Waals surface area contributed by atoms with E-state index in [0.717, 1.165) is 26.9 Å². The van der Waals surface area contributed by atoms with Crippen molar-refractivity contribution in [3.05, 3.63) is 74.3 Å². The quantitative estimate of drug-likeness (QED) is 0.577. The van der Waals surface area contributed by atoms with Crippen LogP contribution in [0.5, 0.6) is 0 Å².